The van der Waals surface area contributed by atoms with Crippen molar-refractivity contribution in [3.63, 3.8) is 0 Å². The van der Waals surface area contributed by atoms with Gasteiger partial charge in [-0.2, -0.15) is 0 Å². The lowest BCUT2D eigenvalue weighted by Crippen LogP contribution is -2.45. The van der Waals surface area contributed by atoms with Crippen LogP contribution in [0.3, 0.4) is 0 Å². The fourth-order valence-corrected chi connectivity index (χ4v) is 3.41. The number of rotatable bonds is 5. The molecule has 0 bridgehead atoms. The van der Waals surface area contributed by atoms with Crippen LogP contribution in [0.2, 0.25) is 0 Å². The van der Waals surface area contributed by atoms with Gasteiger partial charge in [-0.05, 0) is 36.1 Å². The van der Waals surface area contributed by atoms with Crippen LogP contribution in [0, 0.1) is 0 Å². The Kier molecular flexibility index (Phi) is 4.55. The van der Waals surface area contributed by atoms with Gasteiger partial charge in [0.2, 0.25) is 0 Å². The Bertz CT molecular complexity index is 613. The minimum Gasteiger partial charge on any atom is -0.301 e. The summed E-state index contributed by atoms with van der Waals surface area (Å²) in [6, 6.07) is 21.6. The topological polar surface area (TPSA) is 12.0 Å². The standard InChI is InChI=1S/C21H23N/c1-2-22-21(18-12-6-3-7-13-18,19-14-8-4-9-15-19)20-16-10-5-11-17-20/h3-10,12-16,22H,2,11,17H2,1H3. The second-order valence-electron chi connectivity index (χ2n) is 5.67. The van der Waals surface area contributed by atoms with E-state index in [1.165, 1.54) is 16.7 Å². The van der Waals surface area contributed by atoms with Crippen LogP contribution in [0.4, 0.5) is 0 Å². The van der Waals surface area contributed by atoms with Crippen LogP contribution >= 0.6 is 0 Å². The Morgan fingerprint density at radius 2 is 1.50 bits per heavy atom. The predicted molar refractivity (Wildman–Crippen MR) is 93.8 cm³/mol. The van der Waals surface area contributed by atoms with Crippen molar-refractivity contribution in [3.8, 4) is 0 Å². The summed E-state index contributed by atoms with van der Waals surface area (Å²) in [4.78, 5) is 0. The van der Waals surface area contributed by atoms with Gasteiger partial charge in [-0.1, -0.05) is 85.8 Å². The van der Waals surface area contributed by atoms with Crippen molar-refractivity contribution in [1.82, 2.24) is 5.32 Å². The van der Waals surface area contributed by atoms with Gasteiger partial charge in [0, 0.05) is 0 Å². The van der Waals surface area contributed by atoms with Gasteiger partial charge in [0.25, 0.3) is 0 Å². The molecule has 0 saturated heterocycles. The van der Waals surface area contributed by atoms with Crippen molar-refractivity contribution < 1.29 is 0 Å². The molecule has 1 N–H and O–H groups in total. The normalized spacial score (nSPS) is 14.7. The van der Waals surface area contributed by atoms with E-state index >= 15 is 0 Å². The van der Waals surface area contributed by atoms with E-state index in [9.17, 15) is 0 Å². The molecule has 1 aliphatic carbocycles. The Morgan fingerprint density at radius 3 is 1.95 bits per heavy atom. The zero-order valence-corrected chi connectivity index (χ0v) is 13.1. The van der Waals surface area contributed by atoms with E-state index < -0.39 is 0 Å². The van der Waals surface area contributed by atoms with Crippen LogP contribution in [0.1, 0.15) is 30.9 Å². The number of hydrogen-bond donors (Lipinski definition) is 1. The molecule has 112 valence electrons. The largest absolute Gasteiger partial charge is 0.301 e. The Morgan fingerprint density at radius 1 is 0.909 bits per heavy atom. The number of hydrogen-bond acceptors (Lipinski definition) is 1. The van der Waals surface area contributed by atoms with Crippen molar-refractivity contribution in [2.75, 3.05) is 6.54 Å². The Hall–Kier alpha value is -2.12. The van der Waals surface area contributed by atoms with Gasteiger partial charge >= 0.3 is 0 Å². The van der Waals surface area contributed by atoms with Gasteiger partial charge in [-0.25, -0.2) is 0 Å². The van der Waals surface area contributed by atoms with E-state index in [0.717, 1.165) is 19.4 Å². The molecule has 0 heterocycles. The molecule has 0 spiro atoms. The predicted octanol–water partition coefficient (Wildman–Crippen LogP) is 4.82. The molecule has 22 heavy (non-hydrogen) atoms. The first-order chi connectivity index (χ1) is 10.9. The lowest BCUT2D eigenvalue weighted by atomic mass is 9.74. The van der Waals surface area contributed by atoms with E-state index in [1.54, 1.807) is 0 Å². The minimum absolute atomic E-state index is 0.234. The van der Waals surface area contributed by atoms with Crippen molar-refractivity contribution in [2.45, 2.75) is 25.3 Å². The average Bonchev–Trinajstić information content (AvgIpc) is 2.62. The minimum atomic E-state index is -0.234. The number of allylic oxidation sites excluding steroid dienone is 3. The van der Waals surface area contributed by atoms with Gasteiger partial charge in [0.1, 0.15) is 0 Å². The second kappa shape index (κ2) is 6.76. The highest BCUT2D eigenvalue weighted by atomic mass is 15.0. The molecule has 1 nitrogen and oxygen atoms in total. The Labute approximate surface area is 133 Å². The maximum absolute atomic E-state index is 3.80. The van der Waals surface area contributed by atoms with Gasteiger partial charge < -0.3 is 5.32 Å². The summed E-state index contributed by atoms with van der Waals surface area (Å²) in [5.41, 5.74) is 3.82. The average molecular weight is 289 g/mol. The highest BCUT2D eigenvalue weighted by Gasteiger charge is 2.36. The highest BCUT2D eigenvalue weighted by molar-refractivity contribution is 5.49. The SMILES string of the molecule is CCNC(C1=CC=CCC1)(c1ccccc1)c1ccccc1. The summed E-state index contributed by atoms with van der Waals surface area (Å²) >= 11 is 0. The molecule has 0 atom stereocenters. The van der Waals surface area contributed by atoms with Crippen molar-refractivity contribution >= 4 is 0 Å². The zero-order valence-electron chi connectivity index (χ0n) is 13.1. The van der Waals surface area contributed by atoms with Crippen LogP contribution in [0.25, 0.3) is 0 Å². The fourth-order valence-electron chi connectivity index (χ4n) is 3.41. The highest BCUT2D eigenvalue weighted by Crippen LogP contribution is 2.39. The maximum Gasteiger partial charge on any atom is 0.0910 e. The number of benzene rings is 2. The quantitative estimate of drug-likeness (QED) is 0.832. The number of nitrogens with one attached hydrogen (secondary N) is 1. The van der Waals surface area contributed by atoms with Gasteiger partial charge in [0.15, 0.2) is 0 Å². The lowest BCUT2D eigenvalue weighted by molar-refractivity contribution is 0.462. The van der Waals surface area contributed by atoms with Gasteiger partial charge in [-0.15, -0.1) is 0 Å². The smallest absolute Gasteiger partial charge is 0.0910 e. The van der Waals surface area contributed by atoms with Crippen molar-refractivity contribution in [1.29, 1.82) is 0 Å². The molecule has 0 radical (unpaired) electrons. The molecule has 2 aromatic carbocycles. The summed E-state index contributed by atoms with van der Waals surface area (Å²) in [6.07, 6.45) is 8.92. The first-order valence-corrected chi connectivity index (χ1v) is 8.10. The lowest BCUT2D eigenvalue weighted by Gasteiger charge is -2.39. The molecule has 0 saturated carbocycles. The molecule has 0 amide bonds. The van der Waals surface area contributed by atoms with Crippen LogP contribution in [-0.2, 0) is 5.54 Å². The zero-order chi connectivity index (χ0) is 15.3. The molecule has 0 fully saturated rings. The molecule has 1 aliphatic rings. The monoisotopic (exact) mass is 289 g/mol. The first kappa shape index (κ1) is 14.8. The van der Waals surface area contributed by atoms with Gasteiger partial charge in [0.05, 0.1) is 5.54 Å². The summed E-state index contributed by atoms with van der Waals surface area (Å²) in [7, 11) is 0. The van der Waals surface area contributed by atoms with Crippen LogP contribution in [0.15, 0.2) is 84.5 Å². The third-order valence-electron chi connectivity index (χ3n) is 4.35. The fraction of sp³-hybridized carbons (Fsp3) is 0.238. The summed E-state index contributed by atoms with van der Waals surface area (Å²) in [5, 5.41) is 3.80. The molecule has 0 aliphatic heterocycles. The number of likely N-dealkylation sites (N-methyl/N-ethyl adjacent to an activating group) is 1. The van der Waals surface area contributed by atoms with E-state index in [0.29, 0.717) is 0 Å². The first-order valence-electron chi connectivity index (χ1n) is 8.10. The summed E-state index contributed by atoms with van der Waals surface area (Å²) < 4.78 is 0. The molecule has 3 rings (SSSR count). The molecule has 1 heteroatoms. The second-order valence-corrected chi connectivity index (χ2v) is 5.67. The molecule has 0 aromatic heterocycles. The summed E-state index contributed by atoms with van der Waals surface area (Å²) in [5.74, 6) is 0. The van der Waals surface area contributed by atoms with Crippen molar-refractivity contribution in [2.24, 2.45) is 0 Å². The van der Waals surface area contributed by atoms with Crippen LogP contribution in [0.5, 0.6) is 0 Å². The molecular formula is C21H23N. The molecular weight excluding hydrogens is 266 g/mol. The van der Waals surface area contributed by atoms with Gasteiger partial charge in [-0.3, -0.25) is 0 Å². The molecule has 0 unspecified atom stereocenters. The molecule has 2 aromatic rings. The third kappa shape index (κ3) is 2.65. The Balaban J connectivity index is 2.23. The third-order valence-corrected chi connectivity index (χ3v) is 4.35. The van der Waals surface area contributed by atoms with Crippen LogP contribution < -0.4 is 5.32 Å². The summed E-state index contributed by atoms with van der Waals surface area (Å²) in [6.45, 7) is 3.10. The maximum atomic E-state index is 3.80. The van der Waals surface area contributed by atoms with E-state index in [-0.39, 0.29) is 5.54 Å². The van der Waals surface area contributed by atoms with E-state index in [4.69, 9.17) is 0 Å². The van der Waals surface area contributed by atoms with E-state index in [2.05, 4.69) is 91.1 Å². The van der Waals surface area contributed by atoms with Crippen molar-refractivity contribution in [3.05, 3.63) is 95.6 Å². The van der Waals surface area contributed by atoms with E-state index in [1.807, 2.05) is 0 Å². The van der Waals surface area contributed by atoms with Crippen LogP contribution in [-0.4, -0.2) is 6.54 Å².